The standard InChI is InChI=1S/C15H27NO2/c1-8-15(4,11-9-10-12(2)3)13(16(5)6)14(17)18-7/h8,10,13H,1,9,11H2,2-7H3. The molecule has 0 aromatic rings. The van der Waals surface area contributed by atoms with Gasteiger partial charge in [0.15, 0.2) is 0 Å². The molecule has 0 N–H and O–H groups in total. The van der Waals surface area contributed by atoms with Crippen LogP contribution >= 0.6 is 0 Å². The zero-order valence-electron chi connectivity index (χ0n) is 12.6. The van der Waals surface area contributed by atoms with E-state index in [4.69, 9.17) is 4.74 Å². The smallest absolute Gasteiger partial charge is 0.323 e. The molecule has 0 aliphatic carbocycles. The molecule has 0 radical (unpaired) electrons. The van der Waals surface area contributed by atoms with Crippen LogP contribution < -0.4 is 0 Å². The van der Waals surface area contributed by atoms with Crippen molar-refractivity contribution in [2.45, 2.75) is 39.7 Å². The van der Waals surface area contributed by atoms with E-state index in [1.165, 1.54) is 12.7 Å². The average molecular weight is 253 g/mol. The molecule has 104 valence electrons. The maximum absolute atomic E-state index is 11.9. The second kappa shape index (κ2) is 7.37. The van der Waals surface area contributed by atoms with Gasteiger partial charge in [0.25, 0.3) is 0 Å². The van der Waals surface area contributed by atoms with Crippen LogP contribution in [0.25, 0.3) is 0 Å². The molecule has 0 heterocycles. The first kappa shape index (κ1) is 16.9. The Hall–Kier alpha value is -1.09. The van der Waals surface area contributed by atoms with Gasteiger partial charge in [-0.25, -0.2) is 0 Å². The van der Waals surface area contributed by atoms with E-state index in [1.54, 1.807) is 0 Å². The third-order valence-corrected chi connectivity index (χ3v) is 3.27. The Labute approximate surface area is 112 Å². The predicted molar refractivity (Wildman–Crippen MR) is 76.5 cm³/mol. The molecular weight excluding hydrogens is 226 g/mol. The Morgan fingerprint density at radius 2 is 2.00 bits per heavy atom. The zero-order valence-corrected chi connectivity index (χ0v) is 12.6. The highest BCUT2D eigenvalue weighted by Crippen LogP contribution is 2.32. The van der Waals surface area contributed by atoms with Gasteiger partial charge in [-0.1, -0.05) is 24.6 Å². The van der Waals surface area contributed by atoms with Gasteiger partial charge in [-0.15, -0.1) is 6.58 Å². The van der Waals surface area contributed by atoms with Crippen LogP contribution in [-0.4, -0.2) is 38.1 Å². The molecule has 0 saturated heterocycles. The monoisotopic (exact) mass is 253 g/mol. The van der Waals surface area contributed by atoms with Gasteiger partial charge in [-0.2, -0.15) is 0 Å². The molecule has 0 amide bonds. The van der Waals surface area contributed by atoms with Crippen LogP contribution in [-0.2, 0) is 9.53 Å². The van der Waals surface area contributed by atoms with E-state index in [-0.39, 0.29) is 17.4 Å². The molecular formula is C15H27NO2. The second-order valence-corrected chi connectivity index (χ2v) is 5.42. The fraction of sp³-hybridized carbons (Fsp3) is 0.667. The Kier molecular flexibility index (Phi) is 6.92. The van der Waals surface area contributed by atoms with Gasteiger partial charge in [0.1, 0.15) is 6.04 Å². The van der Waals surface area contributed by atoms with Gasteiger partial charge in [0, 0.05) is 5.41 Å². The van der Waals surface area contributed by atoms with Crippen LogP contribution in [0.5, 0.6) is 0 Å². The average Bonchev–Trinajstić information content (AvgIpc) is 2.27. The topological polar surface area (TPSA) is 29.5 Å². The number of allylic oxidation sites excluding steroid dienone is 2. The van der Waals surface area contributed by atoms with E-state index in [0.29, 0.717) is 0 Å². The number of hydrogen-bond donors (Lipinski definition) is 0. The van der Waals surface area contributed by atoms with Crippen molar-refractivity contribution >= 4 is 5.97 Å². The minimum absolute atomic E-state index is 0.209. The van der Waals surface area contributed by atoms with E-state index in [0.717, 1.165) is 12.8 Å². The van der Waals surface area contributed by atoms with Crippen LogP contribution in [0.2, 0.25) is 0 Å². The summed E-state index contributed by atoms with van der Waals surface area (Å²) in [5.74, 6) is -0.209. The minimum atomic E-state index is -0.300. The number of ether oxygens (including phenoxy) is 1. The first-order valence-corrected chi connectivity index (χ1v) is 6.29. The fourth-order valence-corrected chi connectivity index (χ4v) is 2.20. The minimum Gasteiger partial charge on any atom is -0.468 e. The number of carbonyl (C=O) groups excluding carboxylic acids is 1. The molecule has 0 aliphatic heterocycles. The van der Waals surface area contributed by atoms with Gasteiger partial charge in [0.2, 0.25) is 0 Å². The molecule has 18 heavy (non-hydrogen) atoms. The maximum Gasteiger partial charge on any atom is 0.323 e. The second-order valence-electron chi connectivity index (χ2n) is 5.42. The number of esters is 1. The molecule has 0 aliphatic rings. The van der Waals surface area contributed by atoms with Gasteiger partial charge < -0.3 is 4.74 Å². The van der Waals surface area contributed by atoms with Gasteiger partial charge in [0.05, 0.1) is 7.11 Å². The van der Waals surface area contributed by atoms with Gasteiger partial charge in [-0.3, -0.25) is 9.69 Å². The third-order valence-electron chi connectivity index (χ3n) is 3.27. The summed E-state index contributed by atoms with van der Waals surface area (Å²) >= 11 is 0. The lowest BCUT2D eigenvalue weighted by Gasteiger charge is -2.37. The summed E-state index contributed by atoms with van der Waals surface area (Å²) in [4.78, 5) is 13.8. The Balaban J connectivity index is 5.01. The van der Waals surface area contributed by atoms with Crippen LogP contribution in [0.4, 0.5) is 0 Å². The molecule has 3 nitrogen and oxygen atoms in total. The highest BCUT2D eigenvalue weighted by Gasteiger charge is 2.38. The Morgan fingerprint density at radius 3 is 2.33 bits per heavy atom. The lowest BCUT2D eigenvalue weighted by Crippen LogP contribution is -2.48. The van der Waals surface area contributed by atoms with Crippen molar-refractivity contribution < 1.29 is 9.53 Å². The number of nitrogens with zero attached hydrogens (tertiary/aromatic N) is 1. The van der Waals surface area contributed by atoms with E-state index >= 15 is 0 Å². The van der Waals surface area contributed by atoms with Crippen molar-refractivity contribution in [2.24, 2.45) is 5.41 Å². The van der Waals surface area contributed by atoms with Crippen molar-refractivity contribution in [3.8, 4) is 0 Å². The molecule has 2 atom stereocenters. The number of carbonyl (C=O) groups is 1. The quantitative estimate of drug-likeness (QED) is 0.516. The SMILES string of the molecule is C=CC(C)(CCC=C(C)C)C(C(=O)OC)N(C)C. The van der Waals surface area contributed by atoms with Crippen molar-refractivity contribution in [1.82, 2.24) is 4.90 Å². The lowest BCUT2D eigenvalue weighted by atomic mass is 9.77. The van der Waals surface area contributed by atoms with Gasteiger partial charge >= 0.3 is 5.97 Å². The van der Waals surface area contributed by atoms with Crippen molar-refractivity contribution in [3.05, 3.63) is 24.3 Å². The third kappa shape index (κ3) is 4.65. The Bertz CT molecular complexity index is 316. The van der Waals surface area contributed by atoms with Crippen molar-refractivity contribution in [3.63, 3.8) is 0 Å². The summed E-state index contributed by atoms with van der Waals surface area (Å²) in [7, 11) is 5.22. The highest BCUT2D eigenvalue weighted by molar-refractivity contribution is 5.77. The van der Waals surface area contributed by atoms with Crippen molar-refractivity contribution in [2.75, 3.05) is 21.2 Å². The van der Waals surface area contributed by atoms with Crippen LogP contribution in [0.3, 0.4) is 0 Å². The predicted octanol–water partition coefficient (Wildman–Crippen LogP) is 3.03. The zero-order chi connectivity index (χ0) is 14.3. The van der Waals surface area contributed by atoms with E-state index in [1.807, 2.05) is 25.1 Å². The maximum atomic E-state index is 11.9. The van der Waals surface area contributed by atoms with Crippen LogP contribution in [0.1, 0.15) is 33.6 Å². The summed E-state index contributed by atoms with van der Waals surface area (Å²) in [6.45, 7) is 10.1. The van der Waals surface area contributed by atoms with Gasteiger partial charge in [-0.05, 0) is 40.8 Å². The molecule has 0 aromatic heterocycles. The number of rotatable bonds is 7. The molecule has 0 rings (SSSR count). The summed E-state index contributed by atoms with van der Waals surface area (Å²) in [6, 6.07) is -0.300. The molecule has 0 fully saturated rings. The first-order valence-electron chi connectivity index (χ1n) is 6.29. The van der Waals surface area contributed by atoms with E-state index in [2.05, 4.69) is 33.4 Å². The summed E-state index contributed by atoms with van der Waals surface area (Å²) < 4.78 is 4.91. The first-order chi connectivity index (χ1) is 8.28. The Morgan fingerprint density at radius 1 is 1.44 bits per heavy atom. The summed E-state index contributed by atoms with van der Waals surface area (Å²) in [5.41, 5.74) is 1.00. The normalized spacial score (nSPS) is 15.7. The number of methoxy groups -OCH3 is 1. The lowest BCUT2D eigenvalue weighted by molar-refractivity contribution is -0.149. The van der Waals surface area contributed by atoms with Crippen molar-refractivity contribution in [1.29, 1.82) is 0 Å². The molecule has 0 aromatic carbocycles. The van der Waals surface area contributed by atoms with Crippen LogP contribution in [0.15, 0.2) is 24.3 Å². The molecule has 0 bridgehead atoms. The molecule has 2 unspecified atom stereocenters. The largest absolute Gasteiger partial charge is 0.468 e. The summed E-state index contributed by atoms with van der Waals surface area (Å²) in [5, 5.41) is 0. The highest BCUT2D eigenvalue weighted by atomic mass is 16.5. The molecule has 0 spiro atoms. The van der Waals surface area contributed by atoms with Crippen LogP contribution in [0, 0.1) is 5.41 Å². The van der Waals surface area contributed by atoms with E-state index in [9.17, 15) is 4.79 Å². The van der Waals surface area contributed by atoms with E-state index < -0.39 is 0 Å². The number of hydrogen-bond acceptors (Lipinski definition) is 3. The molecule has 0 saturated carbocycles. The molecule has 3 heteroatoms. The number of likely N-dealkylation sites (N-methyl/N-ethyl adjacent to an activating group) is 1. The summed E-state index contributed by atoms with van der Waals surface area (Å²) in [6.07, 6.45) is 5.87. The fourth-order valence-electron chi connectivity index (χ4n) is 2.20.